The third kappa shape index (κ3) is 3.16. The van der Waals surface area contributed by atoms with Crippen molar-refractivity contribution < 1.29 is 4.74 Å². The molecular formula is C11H13NO. The van der Waals surface area contributed by atoms with Gasteiger partial charge >= 0.3 is 0 Å². The van der Waals surface area contributed by atoms with Crippen LogP contribution in [0.4, 0.5) is 0 Å². The van der Waals surface area contributed by atoms with Crippen LogP contribution in [0.1, 0.15) is 26.3 Å². The first-order chi connectivity index (χ1) is 6.01. The van der Waals surface area contributed by atoms with E-state index in [1.54, 1.807) is 12.1 Å². The van der Waals surface area contributed by atoms with Gasteiger partial charge < -0.3 is 4.74 Å². The van der Waals surface area contributed by atoms with Gasteiger partial charge in [0.1, 0.15) is 11.4 Å². The van der Waals surface area contributed by atoms with Gasteiger partial charge in [-0.3, -0.25) is 0 Å². The van der Waals surface area contributed by atoms with E-state index in [0.29, 0.717) is 5.56 Å². The Morgan fingerprint density at radius 3 is 2.54 bits per heavy atom. The second kappa shape index (κ2) is 3.49. The molecule has 2 heteroatoms. The van der Waals surface area contributed by atoms with E-state index >= 15 is 0 Å². The molecule has 68 valence electrons. The minimum atomic E-state index is -0.214. The first-order valence-electron chi connectivity index (χ1n) is 4.20. The Kier molecular flexibility index (Phi) is 2.57. The number of ether oxygens (including phenoxy) is 1. The molecule has 0 unspecified atom stereocenters. The van der Waals surface area contributed by atoms with Gasteiger partial charge in [0.05, 0.1) is 11.6 Å². The first-order valence-corrected chi connectivity index (χ1v) is 4.20. The van der Waals surface area contributed by atoms with Crippen molar-refractivity contribution in [1.82, 2.24) is 0 Å². The Labute approximate surface area is 78.8 Å². The van der Waals surface area contributed by atoms with Gasteiger partial charge in [-0.25, -0.2) is 0 Å². The van der Waals surface area contributed by atoms with Crippen molar-refractivity contribution in [2.24, 2.45) is 0 Å². The molecule has 0 saturated carbocycles. The average Bonchev–Trinajstić information content (AvgIpc) is 2.01. The van der Waals surface area contributed by atoms with Crippen LogP contribution in [-0.2, 0) is 0 Å². The smallest absolute Gasteiger partial charge is 0.121 e. The highest BCUT2D eigenvalue weighted by Gasteiger charge is 2.11. The summed E-state index contributed by atoms with van der Waals surface area (Å²) >= 11 is 0. The van der Waals surface area contributed by atoms with Gasteiger partial charge in [0.15, 0.2) is 0 Å². The van der Waals surface area contributed by atoms with Crippen molar-refractivity contribution in [2.45, 2.75) is 26.4 Å². The maximum absolute atomic E-state index is 8.65. The molecule has 0 atom stereocenters. The molecule has 1 aromatic rings. The largest absolute Gasteiger partial charge is 0.488 e. The summed E-state index contributed by atoms with van der Waals surface area (Å²) in [6.07, 6.45) is 0. The molecule has 0 fully saturated rings. The first kappa shape index (κ1) is 9.60. The maximum atomic E-state index is 8.65. The highest BCUT2D eigenvalue weighted by atomic mass is 16.5. The van der Waals surface area contributed by atoms with E-state index in [0.717, 1.165) is 5.75 Å². The average molecular weight is 175 g/mol. The SMILES string of the molecule is CC(C)(C)Oc1cccc(C#N)c1. The Bertz CT molecular complexity index is 331. The van der Waals surface area contributed by atoms with E-state index in [9.17, 15) is 0 Å². The van der Waals surface area contributed by atoms with Gasteiger partial charge in [-0.2, -0.15) is 5.26 Å². The van der Waals surface area contributed by atoms with Gasteiger partial charge in [0.25, 0.3) is 0 Å². The Hall–Kier alpha value is -1.49. The molecule has 0 aromatic heterocycles. The van der Waals surface area contributed by atoms with Gasteiger partial charge in [-0.1, -0.05) is 6.07 Å². The molecule has 0 saturated heterocycles. The van der Waals surface area contributed by atoms with Crippen LogP contribution in [0.5, 0.6) is 5.75 Å². The topological polar surface area (TPSA) is 33.0 Å². The van der Waals surface area contributed by atoms with Crippen molar-refractivity contribution in [3.8, 4) is 11.8 Å². The van der Waals surface area contributed by atoms with E-state index in [1.165, 1.54) is 0 Å². The van der Waals surface area contributed by atoms with Crippen LogP contribution < -0.4 is 4.74 Å². The fraction of sp³-hybridized carbons (Fsp3) is 0.364. The van der Waals surface area contributed by atoms with E-state index in [2.05, 4.69) is 6.07 Å². The zero-order valence-corrected chi connectivity index (χ0v) is 8.16. The molecule has 0 bridgehead atoms. The van der Waals surface area contributed by atoms with Crippen LogP contribution in [0.15, 0.2) is 24.3 Å². The molecule has 0 aliphatic rings. The summed E-state index contributed by atoms with van der Waals surface area (Å²) in [5.41, 5.74) is 0.412. The van der Waals surface area contributed by atoms with E-state index in [1.807, 2.05) is 32.9 Å². The fourth-order valence-electron chi connectivity index (χ4n) is 0.983. The van der Waals surface area contributed by atoms with Crippen molar-refractivity contribution in [3.05, 3.63) is 29.8 Å². The van der Waals surface area contributed by atoms with Crippen molar-refractivity contribution in [2.75, 3.05) is 0 Å². The predicted molar refractivity (Wildman–Crippen MR) is 51.5 cm³/mol. The Morgan fingerprint density at radius 2 is 2.00 bits per heavy atom. The van der Waals surface area contributed by atoms with Gasteiger partial charge in [-0.15, -0.1) is 0 Å². The van der Waals surface area contributed by atoms with Crippen molar-refractivity contribution >= 4 is 0 Å². The van der Waals surface area contributed by atoms with Crippen LogP contribution in [0, 0.1) is 11.3 Å². The van der Waals surface area contributed by atoms with Gasteiger partial charge in [-0.05, 0) is 39.0 Å². The van der Waals surface area contributed by atoms with Crippen LogP contribution in [-0.4, -0.2) is 5.60 Å². The monoisotopic (exact) mass is 175 g/mol. The summed E-state index contributed by atoms with van der Waals surface area (Å²) in [7, 11) is 0. The molecule has 1 rings (SSSR count). The van der Waals surface area contributed by atoms with E-state index in [4.69, 9.17) is 10.00 Å². The van der Waals surface area contributed by atoms with Crippen LogP contribution in [0.25, 0.3) is 0 Å². The van der Waals surface area contributed by atoms with Gasteiger partial charge in [0.2, 0.25) is 0 Å². The normalized spacial score (nSPS) is 10.6. The van der Waals surface area contributed by atoms with Crippen molar-refractivity contribution in [1.29, 1.82) is 5.26 Å². The number of rotatable bonds is 1. The van der Waals surface area contributed by atoms with Crippen LogP contribution in [0.2, 0.25) is 0 Å². The standard InChI is InChI=1S/C11H13NO/c1-11(2,3)13-10-6-4-5-9(7-10)8-12/h4-7H,1-3H3. The predicted octanol–water partition coefficient (Wildman–Crippen LogP) is 2.74. The molecular weight excluding hydrogens is 162 g/mol. The number of nitriles is 1. The molecule has 0 aliphatic carbocycles. The lowest BCUT2D eigenvalue weighted by molar-refractivity contribution is 0.131. The lowest BCUT2D eigenvalue weighted by Crippen LogP contribution is -2.22. The molecule has 1 aromatic carbocycles. The quantitative estimate of drug-likeness (QED) is 0.657. The minimum absolute atomic E-state index is 0.214. The summed E-state index contributed by atoms with van der Waals surface area (Å²) in [6.45, 7) is 5.93. The third-order valence-electron chi connectivity index (χ3n) is 1.39. The summed E-state index contributed by atoms with van der Waals surface area (Å²) < 4.78 is 5.59. The lowest BCUT2D eigenvalue weighted by atomic mass is 10.2. The van der Waals surface area contributed by atoms with E-state index < -0.39 is 0 Å². The second-order valence-electron chi connectivity index (χ2n) is 3.85. The molecule has 0 radical (unpaired) electrons. The fourth-order valence-corrected chi connectivity index (χ4v) is 0.983. The number of hydrogen-bond donors (Lipinski definition) is 0. The Morgan fingerprint density at radius 1 is 1.31 bits per heavy atom. The minimum Gasteiger partial charge on any atom is -0.488 e. The van der Waals surface area contributed by atoms with Crippen LogP contribution >= 0.6 is 0 Å². The molecule has 13 heavy (non-hydrogen) atoms. The summed E-state index contributed by atoms with van der Waals surface area (Å²) in [4.78, 5) is 0. The lowest BCUT2D eigenvalue weighted by Gasteiger charge is -2.21. The molecule has 0 amide bonds. The molecule has 0 N–H and O–H groups in total. The number of nitrogens with zero attached hydrogens (tertiary/aromatic N) is 1. The third-order valence-corrected chi connectivity index (χ3v) is 1.39. The highest BCUT2D eigenvalue weighted by molar-refractivity contribution is 5.36. The number of hydrogen-bond acceptors (Lipinski definition) is 2. The number of benzene rings is 1. The maximum Gasteiger partial charge on any atom is 0.121 e. The van der Waals surface area contributed by atoms with E-state index in [-0.39, 0.29) is 5.60 Å². The Balaban J connectivity index is 2.86. The second-order valence-corrected chi connectivity index (χ2v) is 3.85. The van der Waals surface area contributed by atoms with Gasteiger partial charge in [0, 0.05) is 0 Å². The van der Waals surface area contributed by atoms with Crippen LogP contribution in [0.3, 0.4) is 0 Å². The zero-order chi connectivity index (χ0) is 9.90. The summed E-state index contributed by atoms with van der Waals surface area (Å²) in [6, 6.07) is 9.25. The molecule has 0 heterocycles. The van der Waals surface area contributed by atoms with Crippen molar-refractivity contribution in [3.63, 3.8) is 0 Å². The molecule has 2 nitrogen and oxygen atoms in total. The highest BCUT2D eigenvalue weighted by Crippen LogP contribution is 2.18. The zero-order valence-electron chi connectivity index (χ0n) is 8.16. The summed E-state index contributed by atoms with van der Waals surface area (Å²) in [5, 5.41) is 8.65. The summed E-state index contributed by atoms with van der Waals surface area (Å²) in [5.74, 6) is 0.742. The molecule has 0 spiro atoms. The molecule has 0 aliphatic heterocycles.